The quantitative estimate of drug-likeness (QED) is 0.354. The molecule has 1 heterocycles. The number of nitrogens with zero attached hydrogens (tertiary/aromatic N) is 1. The minimum Gasteiger partial charge on any atom is -0.466 e. The predicted octanol–water partition coefficient (Wildman–Crippen LogP) is 5.48. The van der Waals surface area contributed by atoms with Crippen LogP contribution in [0.2, 0.25) is 0 Å². The Morgan fingerprint density at radius 2 is 1.65 bits per heavy atom. The standard InChI is InChI=1S/C27H37NO3/c1-3-22-21-28(18-16-25(22)20-26(29)30-4-2)17-11-19-31-27(23-12-7-5-8-13-23)24-14-9-6-10-15-24/h5-10,12-15,22,25,27H,3-4,11,16-21H2,1-2H3/t22-,25-/m1/s1. The highest BCUT2D eigenvalue weighted by atomic mass is 16.5. The number of piperidine rings is 1. The van der Waals surface area contributed by atoms with E-state index in [0.717, 1.165) is 45.5 Å². The molecule has 0 bridgehead atoms. The fourth-order valence-corrected chi connectivity index (χ4v) is 4.65. The van der Waals surface area contributed by atoms with Crippen LogP contribution >= 0.6 is 0 Å². The Balaban J connectivity index is 1.47. The predicted molar refractivity (Wildman–Crippen MR) is 125 cm³/mol. The third-order valence-corrected chi connectivity index (χ3v) is 6.34. The van der Waals surface area contributed by atoms with Crippen molar-refractivity contribution < 1.29 is 14.3 Å². The largest absolute Gasteiger partial charge is 0.466 e. The van der Waals surface area contributed by atoms with E-state index in [-0.39, 0.29) is 12.1 Å². The zero-order valence-electron chi connectivity index (χ0n) is 19.0. The van der Waals surface area contributed by atoms with Gasteiger partial charge in [-0.1, -0.05) is 74.0 Å². The van der Waals surface area contributed by atoms with E-state index in [2.05, 4.69) is 60.4 Å². The van der Waals surface area contributed by atoms with Gasteiger partial charge in [-0.25, -0.2) is 0 Å². The van der Waals surface area contributed by atoms with Crippen LogP contribution in [0, 0.1) is 11.8 Å². The Morgan fingerprint density at radius 1 is 1.00 bits per heavy atom. The van der Waals surface area contributed by atoms with E-state index in [0.29, 0.717) is 24.9 Å². The molecule has 0 amide bonds. The summed E-state index contributed by atoms with van der Waals surface area (Å²) in [5.74, 6) is 0.984. The van der Waals surface area contributed by atoms with Crippen LogP contribution in [0.15, 0.2) is 60.7 Å². The fourth-order valence-electron chi connectivity index (χ4n) is 4.65. The van der Waals surface area contributed by atoms with Gasteiger partial charge >= 0.3 is 5.97 Å². The monoisotopic (exact) mass is 423 g/mol. The van der Waals surface area contributed by atoms with E-state index in [1.807, 2.05) is 19.1 Å². The molecule has 0 unspecified atom stereocenters. The summed E-state index contributed by atoms with van der Waals surface area (Å²) in [7, 11) is 0. The smallest absolute Gasteiger partial charge is 0.306 e. The van der Waals surface area contributed by atoms with E-state index in [1.54, 1.807) is 0 Å². The minimum absolute atomic E-state index is 0.0268. The molecule has 1 saturated heterocycles. The summed E-state index contributed by atoms with van der Waals surface area (Å²) in [4.78, 5) is 14.5. The molecule has 1 fully saturated rings. The summed E-state index contributed by atoms with van der Waals surface area (Å²) in [5.41, 5.74) is 2.39. The van der Waals surface area contributed by atoms with Crippen LogP contribution in [-0.2, 0) is 14.3 Å². The molecule has 3 rings (SSSR count). The third-order valence-electron chi connectivity index (χ3n) is 6.34. The molecule has 168 valence electrons. The topological polar surface area (TPSA) is 38.8 Å². The van der Waals surface area contributed by atoms with Gasteiger partial charge in [-0.05, 0) is 49.3 Å². The molecule has 0 radical (unpaired) electrons. The fraction of sp³-hybridized carbons (Fsp3) is 0.519. The van der Waals surface area contributed by atoms with Gasteiger partial charge < -0.3 is 14.4 Å². The Kier molecular flexibility index (Phi) is 9.57. The van der Waals surface area contributed by atoms with E-state index < -0.39 is 0 Å². The molecule has 2 aromatic carbocycles. The van der Waals surface area contributed by atoms with Gasteiger partial charge in [0.1, 0.15) is 6.10 Å². The molecule has 0 saturated carbocycles. The molecule has 4 heteroatoms. The van der Waals surface area contributed by atoms with Crippen LogP contribution in [0.4, 0.5) is 0 Å². The summed E-state index contributed by atoms with van der Waals surface area (Å²) >= 11 is 0. The molecular formula is C27H37NO3. The van der Waals surface area contributed by atoms with Gasteiger partial charge in [-0.15, -0.1) is 0 Å². The Morgan fingerprint density at radius 3 is 2.23 bits per heavy atom. The lowest BCUT2D eigenvalue weighted by atomic mass is 9.81. The van der Waals surface area contributed by atoms with E-state index in [1.165, 1.54) is 11.1 Å². The van der Waals surface area contributed by atoms with Crippen molar-refractivity contribution in [3.05, 3.63) is 71.8 Å². The maximum absolute atomic E-state index is 11.9. The average molecular weight is 424 g/mol. The number of hydrogen-bond acceptors (Lipinski definition) is 4. The number of hydrogen-bond donors (Lipinski definition) is 0. The lowest BCUT2D eigenvalue weighted by molar-refractivity contribution is -0.145. The molecule has 2 aromatic rings. The maximum atomic E-state index is 11.9. The SMILES string of the molecule is CCOC(=O)C[C@H]1CCN(CCCOC(c2ccccc2)c2ccccc2)C[C@H]1CC. The molecule has 0 N–H and O–H groups in total. The number of ether oxygens (including phenoxy) is 2. The second kappa shape index (κ2) is 12.6. The summed E-state index contributed by atoms with van der Waals surface area (Å²) in [6.45, 7) is 8.48. The first kappa shape index (κ1) is 23.5. The second-order valence-corrected chi connectivity index (χ2v) is 8.45. The van der Waals surface area contributed by atoms with Crippen molar-refractivity contribution in [1.29, 1.82) is 0 Å². The average Bonchev–Trinajstić information content (AvgIpc) is 2.81. The van der Waals surface area contributed by atoms with Gasteiger partial charge in [-0.3, -0.25) is 4.79 Å². The van der Waals surface area contributed by atoms with Crippen molar-refractivity contribution in [2.75, 3.05) is 32.8 Å². The summed E-state index contributed by atoms with van der Waals surface area (Å²) < 4.78 is 11.5. The van der Waals surface area contributed by atoms with Crippen molar-refractivity contribution in [3.63, 3.8) is 0 Å². The molecular weight excluding hydrogens is 386 g/mol. The van der Waals surface area contributed by atoms with Gasteiger partial charge in [0.15, 0.2) is 0 Å². The van der Waals surface area contributed by atoms with Gasteiger partial charge in [0.2, 0.25) is 0 Å². The summed E-state index contributed by atoms with van der Waals surface area (Å²) in [6, 6.07) is 20.9. The Bertz CT molecular complexity index is 725. The number of esters is 1. The van der Waals surface area contributed by atoms with Gasteiger partial charge in [0.25, 0.3) is 0 Å². The van der Waals surface area contributed by atoms with Crippen molar-refractivity contribution in [2.24, 2.45) is 11.8 Å². The van der Waals surface area contributed by atoms with Crippen molar-refractivity contribution >= 4 is 5.97 Å². The molecule has 0 aliphatic carbocycles. The molecule has 4 nitrogen and oxygen atoms in total. The highest BCUT2D eigenvalue weighted by Gasteiger charge is 2.29. The van der Waals surface area contributed by atoms with E-state index >= 15 is 0 Å². The van der Waals surface area contributed by atoms with Crippen LogP contribution in [0.1, 0.15) is 56.8 Å². The zero-order valence-corrected chi connectivity index (χ0v) is 19.0. The first-order valence-corrected chi connectivity index (χ1v) is 11.8. The number of carbonyl (C=O) groups excluding carboxylic acids is 1. The molecule has 0 spiro atoms. The van der Waals surface area contributed by atoms with Crippen LogP contribution in [-0.4, -0.2) is 43.7 Å². The van der Waals surface area contributed by atoms with E-state index in [9.17, 15) is 4.79 Å². The second-order valence-electron chi connectivity index (χ2n) is 8.45. The van der Waals surface area contributed by atoms with Gasteiger partial charge in [0, 0.05) is 26.1 Å². The van der Waals surface area contributed by atoms with Crippen LogP contribution in [0.5, 0.6) is 0 Å². The molecule has 1 aliphatic heterocycles. The zero-order chi connectivity index (χ0) is 21.9. The Hall–Kier alpha value is -2.17. The first-order chi connectivity index (χ1) is 15.2. The van der Waals surface area contributed by atoms with Crippen molar-refractivity contribution in [3.8, 4) is 0 Å². The number of likely N-dealkylation sites (tertiary alicyclic amines) is 1. The van der Waals surface area contributed by atoms with Gasteiger partial charge in [0.05, 0.1) is 6.61 Å². The summed E-state index contributed by atoms with van der Waals surface area (Å²) in [6.07, 6.45) is 3.74. The van der Waals surface area contributed by atoms with Crippen molar-refractivity contribution in [1.82, 2.24) is 4.90 Å². The van der Waals surface area contributed by atoms with E-state index in [4.69, 9.17) is 9.47 Å². The normalized spacial score (nSPS) is 19.5. The van der Waals surface area contributed by atoms with Crippen molar-refractivity contribution in [2.45, 2.75) is 45.6 Å². The van der Waals surface area contributed by atoms with Crippen LogP contribution in [0.25, 0.3) is 0 Å². The molecule has 31 heavy (non-hydrogen) atoms. The molecule has 2 atom stereocenters. The lowest BCUT2D eigenvalue weighted by Gasteiger charge is -2.38. The lowest BCUT2D eigenvalue weighted by Crippen LogP contribution is -2.41. The maximum Gasteiger partial charge on any atom is 0.306 e. The number of carbonyl (C=O) groups is 1. The number of benzene rings is 2. The van der Waals surface area contributed by atoms with Gasteiger partial charge in [-0.2, -0.15) is 0 Å². The first-order valence-electron chi connectivity index (χ1n) is 11.8. The molecule has 1 aliphatic rings. The highest BCUT2D eigenvalue weighted by Crippen LogP contribution is 2.30. The number of rotatable bonds is 11. The third kappa shape index (κ3) is 7.19. The summed E-state index contributed by atoms with van der Waals surface area (Å²) in [5, 5.41) is 0. The van der Waals surface area contributed by atoms with Crippen LogP contribution < -0.4 is 0 Å². The molecule has 0 aromatic heterocycles. The minimum atomic E-state index is -0.0411. The highest BCUT2D eigenvalue weighted by molar-refractivity contribution is 5.69. The van der Waals surface area contributed by atoms with Crippen LogP contribution in [0.3, 0.4) is 0 Å². The Labute approximate surface area is 187 Å².